The van der Waals surface area contributed by atoms with E-state index in [4.69, 9.17) is 4.74 Å². The number of nitrogens with one attached hydrogen (secondary N) is 2. The van der Waals surface area contributed by atoms with Crippen LogP contribution in [0.3, 0.4) is 0 Å². The fraction of sp³-hybridized carbons (Fsp3) is 0.190. The topological polar surface area (TPSA) is 85.2 Å². The molecule has 144 valence electrons. The number of nitrogens with zero attached hydrogens (tertiary/aromatic N) is 2. The molecule has 1 aromatic heterocycles. The number of carbonyl (C=O) groups is 2. The quantitative estimate of drug-likeness (QED) is 0.662. The summed E-state index contributed by atoms with van der Waals surface area (Å²) >= 11 is 0. The zero-order valence-corrected chi connectivity index (χ0v) is 15.8. The minimum atomic E-state index is -0.250. The third kappa shape index (κ3) is 4.76. The molecule has 28 heavy (non-hydrogen) atoms. The fourth-order valence-electron chi connectivity index (χ4n) is 2.64. The van der Waals surface area contributed by atoms with Crippen LogP contribution >= 0.6 is 0 Å². The number of carbonyl (C=O) groups excluding carboxylic acids is 2. The number of hydrogen-bond donors (Lipinski definition) is 2. The highest BCUT2D eigenvalue weighted by molar-refractivity contribution is 6.05. The minimum Gasteiger partial charge on any atom is -0.486 e. The summed E-state index contributed by atoms with van der Waals surface area (Å²) in [7, 11) is 3.49. The van der Waals surface area contributed by atoms with Crippen LogP contribution < -0.4 is 15.4 Å². The summed E-state index contributed by atoms with van der Waals surface area (Å²) in [6.45, 7) is 0.349. The van der Waals surface area contributed by atoms with Crippen molar-refractivity contribution in [2.24, 2.45) is 7.05 Å². The lowest BCUT2D eigenvalue weighted by Gasteiger charge is -2.11. The maximum absolute atomic E-state index is 12.6. The predicted octanol–water partition coefficient (Wildman–Crippen LogP) is 2.54. The standard InChI is InChI=1S/C21H22N4O3/c1-22-20(26)13-16-5-3-4-6-18(16)24-21(27)15-7-9-17(10-8-15)28-14-19-23-11-12-25(19)2/h3-12H,13-14H2,1-2H3,(H,22,26)(H,24,27). The molecule has 1 heterocycles. The van der Waals surface area contributed by atoms with Gasteiger partial charge >= 0.3 is 0 Å². The molecule has 0 aliphatic heterocycles. The molecule has 0 bridgehead atoms. The molecule has 0 spiro atoms. The number of ether oxygens (including phenoxy) is 1. The number of para-hydroxylation sites is 1. The van der Waals surface area contributed by atoms with Gasteiger partial charge in [0.15, 0.2) is 0 Å². The Morgan fingerprint density at radius 3 is 2.54 bits per heavy atom. The lowest BCUT2D eigenvalue weighted by Crippen LogP contribution is -2.21. The van der Waals surface area contributed by atoms with Gasteiger partial charge in [-0.1, -0.05) is 18.2 Å². The first kappa shape index (κ1) is 19.2. The number of aromatic nitrogens is 2. The maximum atomic E-state index is 12.6. The second kappa shape index (κ2) is 8.85. The van der Waals surface area contributed by atoms with Gasteiger partial charge in [0.1, 0.15) is 18.2 Å². The SMILES string of the molecule is CNC(=O)Cc1ccccc1NC(=O)c1ccc(OCc2nccn2C)cc1. The normalized spacial score (nSPS) is 10.4. The Bertz CT molecular complexity index is 964. The molecule has 2 aromatic carbocycles. The number of amides is 2. The first-order valence-corrected chi connectivity index (χ1v) is 8.85. The molecule has 7 heteroatoms. The molecule has 7 nitrogen and oxygen atoms in total. The summed E-state index contributed by atoms with van der Waals surface area (Å²) in [6, 6.07) is 14.1. The molecule has 3 aromatic rings. The van der Waals surface area contributed by atoms with Gasteiger partial charge in [0.2, 0.25) is 5.91 Å². The molecule has 0 saturated carbocycles. The molecule has 0 atom stereocenters. The highest BCUT2D eigenvalue weighted by Crippen LogP contribution is 2.19. The number of hydrogen-bond acceptors (Lipinski definition) is 4. The van der Waals surface area contributed by atoms with Crippen molar-refractivity contribution in [2.75, 3.05) is 12.4 Å². The Balaban J connectivity index is 1.64. The van der Waals surface area contributed by atoms with Crippen LogP contribution in [0.15, 0.2) is 60.9 Å². The summed E-state index contributed by atoms with van der Waals surface area (Å²) in [5.41, 5.74) is 1.87. The van der Waals surface area contributed by atoms with Crippen LogP contribution in [0.2, 0.25) is 0 Å². The number of aryl methyl sites for hydroxylation is 1. The van der Waals surface area contributed by atoms with E-state index in [0.29, 0.717) is 23.6 Å². The molecular formula is C21H22N4O3. The van der Waals surface area contributed by atoms with E-state index >= 15 is 0 Å². The molecule has 3 rings (SSSR count). The monoisotopic (exact) mass is 378 g/mol. The second-order valence-corrected chi connectivity index (χ2v) is 6.23. The van der Waals surface area contributed by atoms with Gasteiger partial charge < -0.3 is 19.9 Å². The van der Waals surface area contributed by atoms with Gasteiger partial charge in [0.05, 0.1) is 6.42 Å². The van der Waals surface area contributed by atoms with Crippen LogP contribution in [-0.4, -0.2) is 28.4 Å². The number of benzene rings is 2. The number of likely N-dealkylation sites (N-methyl/N-ethyl adjacent to an activating group) is 1. The first-order valence-electron chi connectivity index (χ1n) is 8.85. The van der Waals surface area contributed by atoms with Gasteiger partial charge in [0.25, 0.3) is 5.91 Å². The zero-order chi connectivity index (χ0) is 19.9. The van der Waals surface area contributed by atoms with Crippen molar-refractivity contribution in [3.8, 4) is 5.75 Å². The second-order valence-electron chi connectivity index (χ2n) is 6.23. The van der Waals surface area contributed by atoms with E-state index in [1.807, 2.05) is 36.0 Å². The van der Waals surface area contributed by atoms with E-state index in [1.54, 1.807) is 43.6 Å². The summed E-state index contributed by atoms with van der Waals surface area (Å²) in [6.07, 6.45) is 3.77. The van der Waals surface area contributed by atoms with Crippen molar-refractivity contribution < 1.29 is 14.3 Å². The molecule has 0 aliphatic carbocycles. The third-order valence-corrected chi connectivity index (χ3v) is 4.30. The molecule has 0 saturated heterocycles. The van der Waals surface area contributed by atoms with Crippen LogP contribution in [0, 0.1) is 0 Å². The summed E-state index contributed by atoms with van der Waals surface area (Å²) in [5, 5.41) is 5.45. The zero-order valence-electron chi connectivity index (χ0n) is 15.8. The van der Waals surface area contributed by atoms with E-state index in [0.717, 1.165) is 11.4 Å². The largest absolute Gasteiger partial charge is 0.486 e. The smallest absolute Gasteiger partial charge is 0.255 e. The van der Waals surface area contributed by atoms with E-state index in [-0.39, 0.29) is 18.2 Å². The van der Waals surface area contributed by atoms with Crippen molar-refractivity contribution in [1.82, 2.24) is 14.9 Å². The van der Waals surface area contributed by atoms with Gasteiger partial charge in [-0.2, -0.15) is 0 Å². The summed E-state index contributed by atoms with van der Waals surface area (Å²) in [4.78, 5) is 28.4. The number of imidazole rings is 1. The van der Waals surface area contributed by atoms with Crippen LogP contribution in [0.4, 0.5) is 5.69 Å². The fourth-order valence-corrected chi connectivity index (χ4v) is 2.64. The van der Waals surface area contributed by atoms with E-state index < -0.39 is 0 Å². The average molecular weight is 378 g/mol. The van der Waals surface area contributed by atoms with Crippen LogP contribution in [-0.2, 0) is 24.9 Å². The molecule has 0 aliphatic rings. The van der Waals surface area contributed by atoms with Crippen molar-refractivity contribution in [2.45, 2.75) is 13.0 Å². The first-order chi connectivity index (χ1) is 13.6. The van der Waals surface area contributed by atoms with Gasteiger partial charge in [-0.25, -0.2) is 4.98 Å². The Labute approximate surface area is 163 Å². The molecule has 2 amide bonds. The Morgan fingerprint density at radius 2 is 1.86 bits per heavy atom. The van der Waals surface area contributed by atoms with E-state index in [9.17, 15) is 9.59 Å². The van der Waals surface area contributed by atoms with Gasteiger partial charge in [-0.3, -0.25) is 9.59 Å². The third-order valence-electron chi connectivity index (χ3n) is 4.30. The van der Waals surface area contributed by atoms with E-state index in [2.05, 4.69) is 15.6 Å². The Kier molecular flexibility index (Phi) is 6.06. The van der Waals surface area contributed by atoms with Gasteiger partial charge in [-0.05, 0) is 35.9 Å². The number of rotatable bonds is 7. The van der Waals surface area contributed by atoms with Crippen LogP contribution in [0.25, 0.3) is 0 Å². The summed E-state index contributed by atoms with van der Waals surface area (Å²) in [5.74, 6) is 1.10. The molecule has 0 fully saturated rings. The maximum Gasteiger partial charge on any atom is 0.255 e. The van der Waals surface area contributed by atoms with Crippen LogP contribution in [0.5, 0.6) is 5.75 Å². The summed E-state index contributed by atoms with van der Waals surface area (Å²) < 4.78 is 7.59. The average Bonchev–Trinajstić information content (AvgIpc) is 3.13. The van der Waals surface area contributed by atoms with Gasteiger partial charge in [0, 0.05) is 37.7 Å². The minimum absolute atomic E-state index is 0.115. The van der Waals surface area contributed by atoms with Crippen molar-refractivity contribution in [1.29, 1.82) is 0 Å². The molecular weight excluding hydrogens is 356 g/mol. The van der Waals surface area contributed by atoms with Crippen molar-refractivity contribution >= 4 is 17.5 Å². The van der Waals surface area contributed by atoms with Crippen LogP contribution in [0.1, 0.15) is 21.7 Å². The molecule has 0 radical (unpaired) electrons. The van der Waals surface area contributed by atoms with Crippen molar-refractivity contribution in [3.05, 3.63) is 77.9 Å². The van der Waals surface area contributed by atoms with E-state index in [1.165, 1.54) is 0 Å². The lowest BCUT2D eigenvalue weighted by atomic mass is 10.1. The highest BCUT2D eigenvalue weighted by atomic mass is 16.5. The van der Waals surface area contributed by atoms with Gasteiger partial charge in [-0.15, -0.1) is 0 Å². The Morgan fingerprint density at radius 1 is 1.11 bits per heavy atom. The van der Waals surface area contributed by atoms with Crippen molar-refractivity contribution in [3.63, 3.8) is 0 Å². The Hall–Kier alpha value is -3.61. The molecule has 2 N–H and O–H groups in total. The number of anilines is 1. The molecule has 0 unspecified atom stereocenters. The highest BCUT2D eigenvalue weighted by Gasteiger charge is 2.11. The lowest BCUT2D eigenvalue weighted by molar-refractivity contribution is -0.119. The predicted molar refractivity (Wildman–Crippen MR) is 106 cm³/mol.